The Labute approximate surface area is 117 Å². The van der Waals surface area contributed by atoms with Crippen LogP contribution in [0.3, 0.4) is 0 Å². The third kappa shape index (κ3) is 4.36. The maximum Gasteiger partial charge on any atom is 0.276 e. The molecule has 2 aromatic rings. The Morgan fingerprint density at radius 1 is 1.26 bits per heavy atom. The smallest absolute Gasteiger partial charge is 0.276 e. The molecule has 0 aliphatic rings. The molecule has 0 amide bonds. The summed E-state index contributed by atoms with van der Waals surface area (Å²) in [7, 11) is 0. The highest BCUT2D eigenvalue weighted by Crippen LogP contribution is 2.20. The Hall–Kier alpha value is -1.33. The topological polar surface area (TPSA) is 66.6 Å². The van der Waals surface area contributed by atoms with Crippen molar-refractivity contribution in [1.82, 2.24) is 10.2 Å². The summed E-state index contributed by atoms with van der Waals surface area (Å²) in [6.07, 6.45) is 3.17. The van der Waals surface area contributed by atoms with Crippen molar-refractivity contribution in [3.05, 3.63) is 41.8 Å². The molecule has 1 heterocycles. The Kier molecular flexibility index (Phi) is 5.42. The number of rotatable bonds is 7. The summed E-state index contributed by atoms with van der Waals surface area (Å²) in [5, 5.41) is 8.81. The first-order chi connectivity index (χ1) is 9.29. The molecular weight excluding hydrogens is 258 g/mol. The summed E-state index contributed by atoms with van der Waals surface area (Å²) < 4.78 is 5.64. The monoisotopic (exact) mass is 278 g/mol. The molecular formula is C14H20N3OS+. The molecule has 1 aromatic heterocycles. The number of aromatic nitrogens is 2. The summed E-state index contributed by atoms with van der Waals surface area (Å²) in [6, 6.07) is 10.3. The number of benzene rings is 1. The summed E-state index contributed by atoms with van der Waals surface area (Å²) in [5.74, 6) is 1.65. The first-order valence-electron chi connectivity index (χ1n) is 6.62. The Bertz CT molecular complexity index is 486. The molecule has 5 heteroatoms. The zero-order valence-corrected chi connectivity index (χ0v) is 12.0. The maximum atomic E-state index is 5.64. The number of nitrogens with zero attached hydrogens (tertiary/aromatic N) is 2. The Morgan fingerprint density at radius 2 is 2.05 bits per heavy atom. The van der Waals surface area contributed by atoms with Crippen molar-refractivity contribution in [2.24, 2.45) is 0 Å². The molecule has 19 heavy (non-hydrogen) atoms. The molecule has 2 rings (SSSR count). The molecule has 3 N–H and O–H groups in total. The number of thioether (sulfide) groups is 1. The van der Waals surface area contributed by atoms with Crippen LogP contribution in [0.1, 0.15) is 37.3 Å². The van der Waals surface area contributed by atoms with Crippen LogP contribution in [0, 0.1) is 0 Å². The van der Waals surface area contributed by atoms with Crippen LogP contribution in [0.4, 0.5) is 0 Å². The molecule has 0 bridgehead atoms. The lowest BCUT2D eigenvalue weighted by Gasteiger charge is -2.03. The predicted octanol–water partition coefficient (Wildman–Crippen LogP) is 2.49. The molecule has 0 saturated heterocycles. The average molecular weight is 278 g/mol. The standard InChI is InChI=1S/C14H19N3OS/c1-2-3-9-19-14-17-16-13(18-14)12(15)10-11-7-5-4-6-8-11/h4-8,12H,2-3,9-10,15H2,1H3/p+1/t12-/m0/s1. The van der Waals surface area contributed by atoms with Gasteiger partial charge in [-0.15, -0.1) is 10.2 Å². The van der Waals surface area contributed by atoms with Gasteiger partial charge in [0.05, 0.1) is 0 Å². The molecule has 0 aliphatic heterocycles. The van der Waals surface area contributed by atoms with Crippen molar-refractivity contribution < 1.29 is 10.2 Å². The summed E-state index contributed by atoms with van der Waals surface area (Å²) in [5.41, 5.74) is 5.34. The third-order valence-electron chi connectivity index (χ3n) is 2.82. The van der Waals surface area contributed by atoms with Crippen molar-refractivity contribution >= 4 is 11.8 Å². The Morgan fingerprint density at radius 3 is 2.79 bits per heavy atom. The van der Waals surface area contributed by atoms with Gasteiger partial charge >= 0.3 is 0 Å². The van der Waals surface area contributed by atoms with Gasteiger partial charge in [0.1, 0.15) is 0 Å². The van der Waals surface area contributed by atoms with Gasteiger partial charge in [-0.25, -0.2) is 0 Å². The van der Waals surface area contributed by atoms with E-state index in [1.54, 1.807) is 11.8 Å². The van der Waals surface area contributed by atoms with E-state index in [1.807, 2.05) is 18.2 Å². The van der Waals surface area contributed by atoms with Crippen LogP contribution in [-0.4, -0.2) is 16.0 Å². The molecule has 102 valence electrons. The third-order valence-corrected chi connectivity index (χ3v) is 3.72. The fourth-order valence-corrected chi connectivity index (χ4v) is 2.58. The van der Waals surface area contributed by atoms with Gasteiger partial charge in [0.15, 0.2) is 6.04 Å². The van der Waals surface area contributed by atoms with Gasteiger partial charge in [-0.3, -0.25) is 0 Å². The first kappa shape index (κ1) is 14.1. The molecule has 0 unspecified atom stereocenters. The van der Waals surface area contributed by atoms with Crippen LogP contribution in [-0.2, 0) is 6.42 Å². The van der Waals surface area contributed by atoms with Gasteiger partial charge in [-0.2, -0.15) is 0 Å². The highest BCUT2D eigenvalue weighted by molar-refractivity contribution is 7.99. The second kappa shape index (κ2) is 7.31. The largest absolute Gasteiger partial charge is 0.410 e. The number of hydrogen-bond donors (Lipinski definition) is 1. The molecule has 0 aliphatic carbocycles. The van der Waals surface area contributed by atoms with Crippen LogP contribution in [0.2, 0.25) is 0 Å². The zero-order valence-electron chi connectivity index (χ0n) is 11.2. The fourth-order valence-electron chi connectivity index (χ4n) is 1.73. The molecule has 0 radical (unpaired) electrons. The van der Waals surface area contributed by atoms with Gasteiger partial charge in [0.25, 0.3) is 11.1 Å². The van der Waals surface area contributed by atoms with Gasteiger partial charge in [-0.1, -0.05) is 55.4 Å². The molecule has 4 nitrogen and oxygen atoms in total. The van der Waals surface area contributed by atoms with Crippen molar-refractivity contribution in [2.75, 3.05) is 5.75 Å². The number of unbranched alkanes of at least 4 members (excludes halogenated alkanes) is 1. The lowest BCUT2D eigenvalue weighted by molar-refractivity contribution is -0.431. The van der Waals surface area contributed by atoms with E-state index in [4.69, 9.17) is 4.42 Å². The van der Waals surface area contributed by atoms with E-state index in [0.29, 0.717) is 11.1 Å². The van der Waals surface area contributed by atoms with Gasteiger partial charge < -0.3 is 10.2 Å². The average Bonchev–Trinajstić information content (AvgIpc) is 2.89. The fraction of sp³-hybridized carbons (Fsp3) is 0.429. The molecule has 0 fully saturated rings. The normalized spacial score (nSPS) is 12.5. The van der Waals surface area contributed by atoms with E-state index in [1.165, 1.54) is 18.4 Å². The maximum absolute atomic E-state index is 5.64. The van der Waals surface area contributed by atoms with Crippen molar-refractivity contribution in [3.8, 4) is 0 Å². The van der Waals surface area contributed by atoms with Gasteiger partial charge in [0.2, 0.25) is 0 Å². The minimum absolute atomic E-state index is 0.00965. The van der Waals surface area contributed by atoms with Crippen LogP contribution in [0.5, 0.6) is 0 Å². The van der Waals surface area contributed by atoms with E-state index in [-0.39, 0.29) is 6.04 Å². The minimum atomic E-state index is 0.00965. The van der Waals surface area contributed by atoms with Crippen molar-refractivity contribution in [2.45, 2.75) is 37.5 Å². The lowest BCUT2D eigenvalue weighted by atomic mass is 10.1. The minimum Gasteiger partial charge on any atom is -0.410 e. The van der Waals surface area contributed by atoms with E-state index in [9.17, 15) is 0 Å². The number of hydrogen-bond acceptors (Lipinski definition) is 4. The second-order valence-electron chi connectivity index (χ2n) is 4.49. The van der Waals surface area contributed by atoms with Crippen LogP contribution >= 0.6 is 11.8 Å². The molecule has 0 saturated carbocycles. The molecule has 0 spiro atoms. The van der Waals surface area contributed by atoms with Gasteiger partial charge in [-0.05, 0) is 12.0 Å². The van der Waals surface area contributed by atoms with Crippen LogP contribution in [0.15, 0.2) is 40.0 Å². The van der Waals surface area contributed by atoms with E-state index >= 15 is 0 Å². The van der Waals surface area contributed by atoms with E-state index < -0.39 is 0 Å². The van der Waals surface area contributed by atoms with E-state index in [0.717, 1.165) is 12.2 Å². The lowest BCUT2D eigenvalue weighted by Crippen LogP contribution is -2.54. The first-order valence-corrected chi connectivity index (χ1v) is 7.61. The Balaban J connectivity index is 1.90. The predicted molar refractivity (Wildman–Crippen MR) is 75.7 cm³/mol. The second-order valence-corrected chi connectivity index (χ2v) is 5.54. The van der Waals surface area contributed by atoms with Crippen molar-refractivity contribution in [3.63, 3.8) is 0 Å². The van der Waals surface area contributed by atoms with Crippen LogP contribution in [0.25, 0.3) is 0 Å². The van der Waals surface area contributed by atoms with Crippen molar-refractivity contribution in [1.29, 1.82) is 0 Å². The highest BCUT2D eigenvalue weighted by Gasteiger charge is 2.18. The molecule has 1 aromatic carbocycles. The summed E-state index contributed by atoms with van der Waals surface area (Å²) in [6.45, 7) is 2.17. The summed E-state index contributed by atoms with van der Waals surface area (Å²) >= 11 is 1.62. The molecule has 1 atom stereocenters. The van der Waals surface area contributed by atoms with E-state index in [2.05, 4.69) is 35.0 Å². The SMILES string of the molecule is CCCCSc1nnc([C@@H]([NH3+])Cc2ccccc2)o1. The number of quaternary nitrogens is 1. The highest BCUT2D eigenvalue weighted by atomic mass is 32.2. The zero-order chi connectivity index (χ0) is 13.5. The van der Waals surface area contributed by atoms with Crippen LogP contribution < -0.4 is 5.73 Å². The van der Waals surface area contributed by atoms with Gasteiger partial charge in [0, 0.05) is 12.2 Å². The summed E-state index contributed by atoms with van der Waals surface area (Å²) in [4.78, 5) is 0. The quantitative estimate of drug-likeness (QED) is 0.624.